The van der Waals surface area contributed by atoms with Crippen molar-refractivity contribution in [2.75, 3.05) is 49.1 Å². The average Bonchev–Trinajstić information content (AvgIpc) is 3.67. The van der Waals surface area contributed by atoms with Gasteiger partial charge in [0.15, 0.2) is 11.3 Å². The Balaban J connectivity index is 1.04. The van der Waals surface area contributed by atoms with Gasteiger partial charge in [-0.1, -0.05) is 43.3 Å². The Labute approximate surface area is 238 Å². The highest BCUT2D eigenvalue weighted by Gasteiger charge is 2.44. The van der Waals surface area contributed by atoms with Gasteiger partial charge in [0.25, 0.3) is 5.91 Å². The summed E-state index contributed by atoms with van der Waals surface area (Å²) in [6, 6.07) is 18.0. The van der Waals surface area contributed by atoms with Gasteiger partial charge in [-0.25, -0.2) is 19.3 Å². The fourth-order valence-electron chi connectivity index (χ4n) is 6.87. The number of carbonyl (C=O) groups excluding carboxylic acids is 1. The molecular weight excluding hydrogens is 518 g/mol. The van der Waals surface area contributed by atoms with Crippen LogP contribution in [0.2, 0.25) is 0 Å². The average molecular weight is 552 g/mol. The van der Waals surface area contributed by atoms with Gasteiger partial charge in [-0.2, -0.15) is 0 Å². The molecule has 0 spiro atoms. The number of anilines is 2. The van der Waals surface area contributed by atoms with E-state index in [9.17, 15) is 14.7 Å². The molecule has 0 radical (unpaired) electrons. The molecule has 1 amide bonds. The molecule has 3 fully saturated rings. The summed E-state index contributed by atoms with van der Waals surface area (Å²) in [6.45, 7) is 8.91. The maximum atomic E-state index is 13.5. The van der Waals surface area contributed by atoms with Crippen LogP contribution in [0.15, 0.2) is 60.8 Å². The van der Waals surface area contributed by atoms with E-state index >= 15 is 0 Å². The van der Waals surface area contributed by atoms with E-state index in [1.165, 1.54) is 11.6 Å². The van der Waals surface area contributed by atoms with Crippen LogP contribution >= 0.6 is 0 Å². The van der Waals surface area contributed by atoms with E-state index in [2.05, 4.69) is 68.2 Å². The largest absolute Gasteiger partial charge is 0.477 e. The molecule has 10 nitrogen and oxygen atoms in total. The molecule has 2 unspecified atom stereocenters. The number of aryl methyl sites for hydroxylation is 1. The molecule has 0 aliphatic carbocycles. The van der Waals surface area contributed by atoms with Crippen LogP contribution < -0.4 is 9.80 Å². The van der Waals surface area contributed by atoms with Crippen molar-refractivity contribution in [1.82, 2.24) is 24.5 Å². The molecule has 6 heterocycles. The van der Waals surface area contributed by atoms with E-state index in [-0.39, 0.29) is 22.8 Å². The Hall–Kier alpha value is -4.47. The lowest BCUT2D eigenvalue weighted by Gasteiger charge is -2.51. The number of rotatable bonds is 6. The van der Waals surface area contributed by atoms with Crippen molar-refractivity contribution in [3.63, 3.8) is 0 Å². The molecule has 4 aromatic rings. The number of aromatic carboxylic acids is 1. The Bertz CT molecular complexity index is 1630. The lowest BCUT2D eigenvalue weighted by molar-refractivity contribution is 0.0689. The van der Waals surface area contributed by atoms with Gasteiger partial charge in [0.2, 0.25) is 5.82 Å². The molecule has 7 rings (SSSR count). The molecule has 3 aromatic heterocycles. The third-order valence-corrected chi connectivity index (χ3v) is 9.26. The van der Waals surface area contributed by atoms with Crippen molar-refractivity contribution in [1.29, 1.82) is 0 Å². The lowest BCUT2D eigenvalue weighted by atomic mass is 9.71. The van der Waals surface area contributed by atoms with Crippen LogP contribution in [0.1, 0.15) is 45.6 Å². The number of carboxylic acids is 1. The summed E-state index contributed by atoms with van der Waals surface area (Å²) < 4.78 is 1.76. The van der Waals surface area contributed by atoms with E-state index in [4.69, 9.17) is 0 Å². The summed E-state index contributed by atoms with van der Waals surface area (Å²) >= 11 is 0. The van der Waals surface area contributed by atoms with Gasteiger partial charge < -0.3 is 19.8 Å². The van der Waals surface area contributed by atoms with E-state index in [0.717, 1.165) is 43.9 Å². The highest BCUT2D eigenvalue weighted by Crippen LogP contribution is 2.40. The van der Waals surface area contributed by atoms with Gasteiger partial charge in [-0.3, -0.25) is 4.79 Å². The van der Waals surface area contributed by atoms with Crippen molar-refractivity contribution in [2.45, 2.75) is 25.7 Å². The maximum Gasteiger partial charge on any atom is 0.354 e. The molecule has 210 valence electrons. The van der Waals surface area contributed by atoms with Crippen LogP contribution in [-0.2, 0) is 5.41 Å². The predicted octanol–water partition coefficient (Wildman–Crippen LogP) is 3.51. The quantitative estimate of drug-likeness (QED) is 0.388. The van der Waals surface area contributed by atoms with E-state index in [1.54, 1.807) is 10.6 Å². The fraction of sp³-hybridized carbons (Fsp3) is 0.387. The minimum absolute atomic E-state index is 0.0442. The Morgan fingerprint density at radius 3 is 2.37 bits per heavy atom. The SMILES string of the molecule is CCC1(c2ccccc2)CN(c2cc(C)c3nc(C(=O)N4CC5CN(c6cccc(C(=O)O)n6)CC5C4)nn3c2)C1. The first-order valence-electron chi connectivity index (χ1n) is 14.3. The van der Waals surface area contributed by atoms with Crippen molar-refractivity contribution < 1.29 is 14.7 Å². The molecule has 0 saturated carbocycles. The first kappa shape index (κ1) is 25.5. The summed E-state index contributed by atoms with van der Waals surface area (Å²) in [7, 11) is 0. The minimum Gasteiger partial charge on any atom is -0.477 e. The number of carboxylic acid groups (broad SMARTS) is 1. The topological polar surface area (TPSA) is 107 Å². The number of hydrogen-bond donors (Lipinski definition) is 1. The summed E-state index contributed by atoms with van der Waals surface area (Å²) in [5, 5.41) is 13.9. The van der Waals surface area contributed by atoms with Crippen LogP contribution in [0.4, 0.5) is 11.5 Å². The first-order valence-corrected chi connectivity index (χ1v) is 14.3. The zero-order chi connectivity index (χ0) is 28.3. The maximum absolute atomic E-state index is 13.5. The molecule has 1 aromatic carbocycles. The van der Waals surface area contributed by atoms with E-state index < -0.39 is 5.97 Å². The number of nitrogens with zero attached hydrogens (tertiary/aromatic N) is 7. The van der Waals surface area contributed by atoms with Crippen LogP contribution in [0, 0.1) is 18.8 Å². The third-order valence-electron chi connectivity index (χ3n) is 9.26. The molecule has 1 N–H and O–H groups in total. The molecule has 10 heteroatoms. The van der Waals surface area contributed by atoms with Crippen LogP contribution in [0.5, 0.6) is 0 Å². The van der Waals surface area contributed by atoms with Crippen molar-refractivity contribution >= 4 is 29.0 Å². The summed E-state index contributed by atoms with van der Waals surface area (Å²) in [5.41, 5.74) is 4.38. The number of carbonyl (C=O) groups is 2. The predicted molar refractivity (Wildman–Crippen MR) is 155 cm³/mol. The second-order valence-electron chi connectivity index (χ2n) is 11.8. The number of hydrogen-bond acceptors (Lipinski definition) is 7. The van der Waals surface area contributed by atoms with Crippen molar-refractivity contribution in [3.05, 3.63) is 83.4 Å². The molecule has 41 heavy (non-hydrogen) atoms. The second kappa shape index (κ2) is 9.57. The first-order chi connectivity index (χ1) is 19.8. The standard InChI is InChI=1S/C31H33N7O3/c1-3-31(23-8-5-4-6-9-23)18-37(19-31)24-12-20(2)28-33-27(34-38(28)17-24)29(39)36-15-21-13-35(14-22(21)16-36)26-11-7-10-25(32-26)30(40)41/h4-12,17,21-22H,3,13-16,18-19H2,1-2H3,(H,40,41). The van der Waals surface area contributed by atoms with Gasteiger partial charge in [0.05, 0.1) is 11.9 Å². The number of fused-ring (bicyclic) bond motifs is 2. The lowest BCUT2D eigenvalue weighted by Crippen LogP contribution is -2.59. The fourth-order valence-corrected chi connectivity index (χ4v) is 6.87. The van der Waals surface area contributed by atoms with Crippen LogP contribution in [0.25, 0.3) is 5.65 Å². The van der Waals surface area contributed by atoms with Crippen molar-refractivity contribution in [3.8, 4) is 0 Å². The minimum atomic E-state index is -1.03. The molecular formula is C31H33N7O3. The Kier molecular flexibility index (Phi) is 5.95. The van der Waals surface area contributed by atoms with Gasteiger partial charge >= 0.3 is 5.97 Å². The highest BCUT2D eigenvalue weighted by atomic mass is 16.4. The number of likely N-dealkylation sites (tertiary alicyclic amines) is 1. The molecule has 2 atom stereocenters. The second-order valence-corrected chi connectivity index (χ2v) is 11.8. The summed E-state index contributed by atoms with van der Waals surface area (Å²) in [5.74, 6) is 0.335. The van der Waals surface area contributed by atoms with Crippen molar-refractivity contribution in [2.24, 2.45) is 11.8 Å². The zero-order valence-corrected chi connectivity index (χ0v) is 23.3. The molecule has 3 saturated heterocycles. The number of aromatic nitrogens is 4. The third kappa shape index (κ3) is 4.29. The summed E-state index contributed by atoms with van der Waals surface area (Å²) in [6.07, 6.45) is 3.07. The Morgan fingerprint density at radius 2 is 1.68 bits per heavy atom. The smallest absolute Gasteiger partial charge is 0.354 e. The number of amides is 1. The normalized spacial score (nSPS) is 21.3. The van der Waals surface area contributed by atoms with Crippen LogP contribution in [0.3, 0.4) is 0 Å². The monoisotopic (exact) mass is 551 g/mol. The van der Waals surface area contributed by atoms with E-state index in [0.29, 0.717) is 36.4 Å². The van der Waals surface area contributed by atoms with Gasteiger partial charge in [0.1, 0.15) is 5.82 Å². The Morgan fingerprint density at radius 1 is 0.951 bits per heavy atom. The summed E-state index contributed by atoms with van der Waals surface area (Å²) in [4.78, 5) is 40.1. The van der Waals surface area contributed by atoms with Crippen LogP contribution in [-0.4, -0.2) is 80.7 Å². The van der Waals surface area contributed by atoms with E-state index in [1.807, 2.05) is 24.1 Å². The number of benzene rings is 1. The molecule has 3 aliphatic heterocycles. The molecule has 3 aliphatic rings. The van der Waals surface area contributed by atoms with Gasteiger partial charge in [-0.05, 0) is 42.7 Å². The zero-order valence-electron chi connectivity index (χ0n) is 23.3. The number of pyridine rings is 2. The van der Waals surface area contributed by atoms with Gasteiger partial charge in [0, 0.05) is 56.5 Å². The highest BCUT2D eigenvalue weighted by molar-refractivity contribution is 5.91. The molecule has 0 bridgehead atoms. The van der Waals surface area contributed by atoms with Gasteiger partial charge in [-0.15, -0.1) is 5.10 Å².